The molecule has 0 aliphatic heterocycles. The van der Waals surface area contributed by atoms with Gasteiger partial charge in [0, 0.05) is 6.07 Å². The number of furan rings is 1. The maximum absolute atomic E-state index is 11.1. The van der Waals surface area contributed by atoms with Gasteiger partial charge in [-0.15, -0.1) is 0 Å². The van der Waals surface area contributed by atoms with Crippen LogP contribution in [0.15, 0.2) is 65.1 Å². The van der Waals surface area contributed by atoms with Gasteiger partial charge in [0.2, 0.25) is 0 Å². The lowest BCUT2D eigenvalue weighted by atomic mass is 10.0. The molecule has 1 heterocycles. The minimum absolute atomic E-state index is 0.0218. The summed E-state index contributed by atoms with van der Waals surface area (Å²) in [5.74, 6) is 0.852. The molecule has 1 aromatic heterocycles. The van der Waals surface area contributed by atoms with E-state index in [-0.39, 0.29) is 5.69 Å². The molecule has 0 saturated carbocycles. The molecular weight excluding hydrogens is 316 g/mol. The Morgan fingerprint density at radius 1 is 1.12 bits per heavy atom. The first-order valence-corrected chi connectivity index (χ1v) is 7.61. The summed E-state index contributed by atoms with van der Waals surface area (Å²) >= 11 is 0. The third-order valence-electron chi connectivity index (χ3n) is 3.76. The maximum atomic E-state index is 11.1. The third-order valence-corrected chi connectivity index (χ3v) is 3.76. The summed E-state index contributed by atoms with van der Waals surface area (Å²) in [6, 6.07) is 19.5. The average Bonchev–Trinajstić information content (AvgIpc) is 3.09. The zero-order valence-corrected chi connectivity index (χ0v) is 13.5. The maximum Gasteiger partial charge on any atom is 0.280 e. The van der Waals surface area contributed by atoms with Crippen molar-refractivity contribution in [2.75, 3.05) is 0 Å². The van der Waals surface area contributed by atoms with Crippen molar-refractivity contribution in [2.24, 2.45) is 0 Å². The van der Waals surface area contributed by atoms with Gasteiger partial charge in [0.1, 0.15) is 11.5 Å². The quantitative estimate of drug-likeness (QED) is 0.373. The topological polar surface area (TPSA) is 80.1 Å². The highest BCUT2D eigenvalue weighted by Gasteiger charge is 2.17. The van der Waals surface area contributed by atoms with Gasteiger partial charge in [-0.05, 0) is 36.8 Å². The van der Waals surface area contributed by atoms with Crippen molar-refractivity contribution in [3.8, 4) is 17.4 Å². The summed E-state index contributed by atoms with van der Waals surface area (Å²) < 4.78 is 5.71. The monoisotopic (exact) mass is 330 g/mol. The molecule has 25 heavy (non-hydrogen) atoms. The Morgan fingerprint density at radius 2 is 1.84 bits per heavy atom. The highest BCUT2D eigenvalue weighted by Crippen LogP contribution is 2.31. The molecule has 0 radical (unpaired) electrons. The van der Waals surface area contributed by atoms with Crippen LogP contribution in [0.1, 0.15) is 16.9 Å². The van der Waals surface area contributed by atoms with Crippen LogP contribution in [0.4, 0.5) is 5.69 Å². The lowest BCUT2D eigenvalue weighted by molar-refractivity contribution is -0.384. The smallest absolute Gasteiger partial charge is 0.280 e. The van der Waals surface area contributed by atoms with E-state index >= 15 is 0 Å². The Labute approximate surface area is 144 Å². The van der Waals surface area contributed by atoms with Crippen molar-refractivity contribution in [1.29, 1.82) is 5.26 Å². The molecule has 0 spiro atoms. The molecule has 0 bridgehead atoms. The second kappa shape index (κ2) is 6.85. The number of nitrogens with zero attached hydrogens (tertiary/aromatic N) is 2. The molecule has 0 amide bonds. The van der Waals surface area contributed by atoms with E-state index in [9.17, 15) is 15.4 Å². The Balaban J connectivity index is 1.98. The van der Waals surface area contributed by atoms with Gasteiger partial charge in [0.05, 0.1) is 22.1 Å². The molecular formula is C20H14N2O3. The standard InChI is InChI=1S/C20H14N2O3/c1-14-6-8-15(9-7-14)16(13-21)12-17-10-11-20(25-17)18-4-2-3-5-19(18)22(23)24/h2-12H,1H3/b16-12+. The van der Waals surface area contributed by atoms with Crippen LogP contribution in [0.2, 0.25) is 0 Å². The van der Waals surface area contributed by atoms with E-state index in [1.54, 1.807) is 36.4 Å². The van der Waals surface area contributed by atoms with Crippen LogP contribution in [0.5, 0.6) is 0 Å². The molecule has 0 unspecified atom stereocenters. The zero-order chi connectivity index (χ0) is 17.8. The van der Waals surface area contributed by atoms with Crippen molar-refractivity contribution in [2.45, 2.75) is 6.92 Å². The lowest BCUT2D eigenvalue weighted by Gasteiger charge is -2.00. The van der Waals surface area contributed by atoms with Crippen molar-refractivity contribution < 1.29 is 9.34 Å². The van der Waals surface area contributed by atoms with Gasteiger partial charge in [-0.2, -0.15) is 5.26 Å². The Kier molecular flexibility index (Phi) is 4.44. The van der Waals surface area contributed by atoms with Gasteiger partial charge >= 0.3 is 0 Å². The predicted molar refractivity (Wildman–Crippen MR) is 95.5 cm³/mol. The molecule has 2 aromatic carbocycles. The Morgan fingerprint density at radius 3 is 2.52 bits per heavy atom. The molecule has 0 fully saturated rings. The summed E-state index contributed by atoms with van der Waals surface area (Å²) in [6.45, 7) is 1.98. The van der Waals surface area contributed by atoms with Gasteiger partial charge in [0.15, 0.2) is 0 Å². The lowest BCUT2D eigenvalue weighted by Crippen LogP contribution is -1.90. The number of nitriles is 1. The van der Waals surface area contributed by atoms with Crippen LogP contribution < -0.4 is 0 Å². The minimum Gasteiger partial charge on any atom is -0.456 e. The van der Waals surface area contributed by atoms with Crippen LogP contribution in [0.25, 0.3) is 23.0 Å². The van der Waals surface area contributed by atoms with Gasteiger partial charge in [0.25, 0.3) is 5.69 Å². The SMILES string of the molecule is Cc1ccc(/C(C#N)=C/c2ccc(-c3ccccc3[N+](=O)[O-])o2)cc1. The van der Waals surface area contributed by atoms with Crippen LogP contribution in [0, 0.1) is 28.4 Å². The number of nitro groups is 1. The Hall–Kier alpha value is -3.65. The molecule has 3 rings (SSSR count). The third kappa shape index (κ3) is 3.48. The fourth-order valence-corrected chi connectivity index (χ4v) is 2.47. The number of aryl methyl sites for hydroxylation is 1. The highest BCUT2D eigenvalue weighted by molar-refractivity contribution is 5.89. The van der Waals surface area contributed by atoms with Crippen molar-refractivity contribution in [1.82, 2.24) is 0 Å². The van der Waals surface area contributed by atoms with E-state index in [1.165, 1.54) is 6.07 Å². The van der Waals surface area contributed by atoms with Crippen LogP contribution in [0.3, 0.4) is 0 Å². The number of rotatable bonds is 4. The van der Waals surface area contributed by atoms with Crippen molar-refractivity contribution >= 4 is 17.3 Å². The molecule has 0 aliphatic rings. The summed E-state index contributed by atoms with van der Waals surface area (Å²) in [5, 5.41) is 20.5. The number of nitro benzene ring substituents is 1. The Bertz CT molecular complexity index is 992. The fraction of sp³-hybridized carbons (Fsp3) is 0.0500. The first-order chi connectivity index (χ1) is 12.1. The first kappa shape index (κ1) is 16.2. The van der Waals surface area contributed by atoms with E-state index in [1.807, 2.05) is 31.2 Å². The average molecular weight is 330 g/mol. The largest absolute Gasteiger partial charge is 0.456 e. The molecule has 0 aliphatic carbocycles. The van der Waals surface area contributed by atoms with Crippen LogP contribution in [-0.2, 0) is 0 Å². The second-order valence-corrected chi connectivity index (χ2v) is 5.51. The van der Waals surface area contributed by atoms with E-state index < -0.39 is 4.92 Å². The summed E-state index contributed by atoms with van der Waals surface area (Å²) in [6.07, 6.45) is 1.63. The summed E-state index contributed by atoms with van der Waals surface area (Å²) in [7, 11) is 0. The molecule has 5 heteroatoms. The van der Waals surface area contributed by atoms with Gasteiger partial charge in [-0.25, -0.2) is 0 Å². The van der Waals surface area contributed by atoms with E-state index in [2.05, 4.69) is 6.07 Å². The number of allylic oxidation sites excluding steroid dienone is 1. The summed E-state index contributed by atoms with van der Waals surface area (Å²) in [5.41, 5.74) is 2.74. The number of para-hydroxylation sites is 1. The number of hydrogen-bond acceptors (Lipinski definition) is 4. The fourth-order valence-electron chi connectivity index (χ4n) is 2.47. The van der Waals surface area contributed by atoms with Crippen LogP contribution in [-0.4, -0.2) is 4.92 Å². The van der Waals surface area contributed by atoms with Gasteiger partial charge in [-0.1, -0.05) is 42.0 Å². The second-order valence-electron chi connectivity index (χ2n) is 5.51. The van der Waals surface area contributed by atoms with Gasteiger partial charge in [-0.3, -0.25) is 10.1 Å². The molecule has 122 valence electrons. The molecule has 3 aromatic rings. The molecule has 5 nitrogen and oxygen atoms in total. The molecule has 0 N–H and O–H groups in total. The number of benzene rings is 2. The van der Waals surface area contributed by atoms with Crippen molar-refractivity contribution in [3.05, 3.63) is 87.7 Å². The van der Waals surface area contributed by atoms with E-state index in [0.29, 0.717) is 22.7 Å². The minimum atomic E-state index is -0.444. The normalized spacial score (nSPS) is 11.1. The highest BCUT2D eigenvalue weighted by atomic mass is 16.6. The zero-order valence-electron chi connectivity index (χ0n) is 13.5. The molecule has 0 saturated heterocycles. The summed E-state index contributed by atoms with van der Waals surface area (Å²) in [4.78, 5) is 10.7. The van der Waals surface area contributed by atoms with Gasteiger partial charge < -0.3 is 4.42 Å². The first-order valence-electron chi connectivity index (χ1n) is 7.61. The van der Waals surface area contributed by atoms with E-state index in [4.69, 9.17) is 4.42 Å². The van der Waals surface area contributed by atoms with E-state index in [0.717, 1.165) is 11.1 Å². The molecule has 0 atom stereocenters. The van der Waals surface area contributed by atoms with Crippen LogP contribution >= 0.6 is 0 Å². The number of hydrogen-bond donors (Lipinski definition) is 0. The predicted octanol–water partition coefficient (Wildman–Crippen LogP) is 5.23. The van der Waals surface area contributed by atoms with Crippen molar-refractivity contribution in [3.63, 3.8) is 0 Å².